The van der Waals surface area contributed by atoms with E-state index in [0.717, 1.165) is 33.5 Å². The Labute approximate surface area is 197 Å². The van der Waals surface area contributed by atoms with Gasteiger partial charge in [0.05, 0.1) is 5.52 Å². The predicted molar refractivity (Wildman–Crippen MR) is 135 cm³/mol. The SMILES string of the molecule is Clc1ccc(-n2cc([C@H]3Cc4ccccc4Nc4ccc(Cl)cc43)c3ccccc32)cc1. The first kappa shape index (κ1) is 19.5. The number of hydrogen-bond acceptors (Lipinski definition) is 1. The van der Waals surface area contributed by atoms with Gasteiger partial charge in [-0.2, -0.15) is 0 Å². The fourth-order valence-corrected chi connectivity index (χ4v) is 5.11. The number of fused-ring (bicyclic) bond motifs is 3. The van der Waals surface area contributed by atoms with E-state index in [1.54, 1.807) is 0 Å². The first-order valence-electron chi connectivity index (χ1n) is 10.7. The summed E-state index contributed by atoms with van der Waals surface area (Å²) in [4.78, 5) is 0. The highest BCUT2D eigenvalue weighted by Crippen LogP contribution is 2.43. The summed E-state index contributed by atoms with van der Waals surface area (Å²) in [5.41, 5.74) is 8.33. The number of nitrogens with one attached hydrogen (secondary N) is 1. The molecule has 1 aromatic heterocycles. The van der Waals surface area contributed by atoms with Gasteiger partial charge >= 0.3 is 0 Å². The third-order valence-electron chi connectivity index (χ3n) is 6.32. The summed E-state index contributed by atoms with van der Waals surface area (Å²) in [6, 6.07) is 31.3. The molecule has 2 nitrogen and oxygen atoms in total. The summed E-state index contributed by atoms with van der Waals surface area (Å²) in [6.45, 7) is 0. The Morgan fingerprint density at radius 1 is 0.719 bits per heavy atom. The molecule has 4 heteroatoms. The molecule has 0 radical (unpaired) electrons. The van der Waals surface area contributed by atoms with Crippen molar-refractivity contribution < 1.29 is 0 Å². The van der Waals surface area contributed by atoms with E-state index in [0.29, 0.717) is 0 Å². The first-order chi connectivity index (χ1) is 15.7. The van der Waals surface area contributed by atoms with Gasteiger partial charge in [-0.1, -0.05) is 59.6 Å². The van der Waals surface area contributed by atoms with Gasteiger partial charge in [-0.15, -0.1) is 0 Å². The molecule has 0 fully saturated rings. The van der Waals surface area contributed by atoms with E-state index in [1.807, 2.05) is 18.2 Å². The van der Waals surface area contributed by atoms with Crippen LogP contribution in [0, 0.1) is 0 Å². The van der Waals surface area contributed by atoms with E-state index >= 15 is 0 Å². The Balaban J connectivity index is 1.60. The van der Waals surface area contributed by atoms with E-state index in [9.17, 15) is 0 Å². The van der Waals surface area contributed by atoms with Gasteiger partial charge < -0.3 is 9.88 Å². The summed E-state index contributed by atoms with van der Waals surface area (Å²) in [5, 5.41) is 6.38. The predicted octanol–water partition coefficient (Wildman–Crippen LogP) is 8.37. The van der Waals surface area contributed by atoms with Gasteiger partial charge in [0.25, 0.3) is 0 Å². The van der Waals surface area contributed by atoms with Crippen LogP contribution in [-0.4, -0.2) is 4.57 Å². The molecule has 0 saturated heterocycles. The molecule has 0 amide bonds. The molecular weight excluding hydrogens is 435 g/mol. The van der Waals surface area contributed by atoms with Crippen molar-refractivity contribution in [2.45, 2.75) is 12.3 Å². The number of para-hydroxylation sites is 2. The third kappa shape index (κ3) is 3.28. The molecule has 2 heterocycles. The highest BCUT2D eigenvalue weighted by molar-refractivity contribution is 6.31. The lowest BCUT2D eigenvalue weighted by atomic mass is 9.85. The largest absolute Gasteiger partial charge is 0.355 e. The van der Waals surface area contributed by atoms with E-state index in [-0.39, 0.29) is 5.92 Å². The molecule has 1 aliphatic heterocycles. The van der Waals surface area contributed by atoms with Crippen LogP contribution in [0.2, 0.25) is 10.0 Å². The lowest BCUT2D eigenvalue weighted by Crippen LogP contribution is -2.04. The van der Waals surface area contributed by atoms with Crippen molar-refractivity contribution in [1.82, 2.24) is 4.57 Å². The molecule has 156 valence electrons. The van der Waals surface area contributed by atoms with Crippen molar-refractivity contribution in [2.75, 3.05) is 5.32 Å². The van der Waals surface area contributed by atoms with Gasteiger partial charge in [-0.25, -0.2) is 0 Å². The van der Waals surface area contributed by atoms with Crippen molar-refractivity contribution >= 4 is 45.5 Å². The minimum atomic E-state index is 0.165. The fraction of sp³-hybridized carbons (Fsp3) is 0.0714. The summed E-state index contributed by atoms with van der Waals surface area (Å²) >= 11 is 12.6. The number of benzene rings is 4. The van der Waals surface area contributed by atoms with Crippen LogP contribution in [0.5, 0.6) is 0 Å². The molecular formula is C28H20Cl2N2. The molecule has 0 bridgehead atoms. The topological polar surface area (TPSA) is 17.0 Å². The summed E-state index contributed by atoms with van der Waals surface area (Å²) in [7, 11) is 0. The maximum absolute atomic E-state index is 6.48. The lowest BCUT2D eigenvalue weighted by molar-refractivity contribution is 0.819. The molecule has 1 aliphatic rings. The van der Waals surface area contributed by atoms with Gasteiger partial charge in [-0.05, 0) is 77.7 Å². The zero-order valence-corrected chi connectivity index (χ0v) is 18.7. The van der Waals surface area contributed by atoms with Crippen molar-refractivity contribution in [3.8, 4) is 5.69 Å². The molecule has 1 atom stereocenters. The number of nitrogens with zero attached hydrogens (tertiary/aromatic N) is 1. The minimum Gasteiger partial charge on any atom is -0.355 e. The maximum Gasteiger partial charge on any atom is 0.0531 e. The van der Waals surface area contributed by atoms with Gasteiger partial charge in [0.1, 0.15) is 0 Å². The van der Waals surface area contributed by atoms with Crippen LogP contribution in [0.25, 0.3) is 16.6 Å². The van der Waals surface area contributed by atoms with Crippen LogP contribution in [-0.2, 0) is 6.42 Å². The Bertz CT molecular complexity index is 1450. The summed E-state index contributed by atoms with van der Waals surface area (Å²) in [5.74, 6) is 0.165. The Morgan fingerprint density at radius 3 is 2.34 bits per heavy atom. The van der Waals surface area contributed by atoms with Crippen LogP contribution in [0.15, 0.2) is 97.2 Å². The van der Waals surface area contributed by atoms with Gasteiger partial charge in [0.2, 0.25) is 0 Å². The molecule has 0 aliphatic carbocycles. The van der Waals surface area contributed by atoms with E-state index in [1.165, 1.54) is 27.6 Å². The molecule has 0 saturated carbocycles. The molecule has 4 aromatic carbocycles. The number of hydrogen-bond donors (Lipinski definition) is 1. The zero-order chi connectivity index (χ0) is 21.7. The second kappa shape index (κ2) is 7.74. The molecule has 1 N–H and O–H groups in total. The third-order valence-corrected chi connectivity index (χ3v) is 6.81. The molecule has 5 aromatic rings. The quantitative estimate of drug-likeness (QED) is 0.283. The minimum absolute atomic E-state index is 0.165. The molecule has 0 unspecified atom stereocenters. The normalized spacial score (nSPS) is 15.0. The van der Waals surface area contributed by atoms with Crippen LogP contribution in [0.1, 0.15) is 22.6 Å². The van der Waals surface area contributed by atoms with Crippen LogP contribution >= 0.6 is 23.2 Å². The van der Waals surface area contributed by atoms with Crippen LogP contribution in [0.4, 0.5) is 11.4 Å². The molecule has 0 spiro atoms. The average molecular weight is 455 g/mol. The Morgan fingerprint density at radius 2 is 1.47 bits per heavy atom. The standard InChI is InChI=1S/C28H20Cl2N2/c29-19-9-12-21(13-10-19)32-17-25(22-6-2-4-8-28(22)32)23-15-18-5-1-3-7-26(18)31-27-14-11-20(30)16-24(23)27/h1-14,16-17,23,31H,15H2/t23-/m0/s1. The van der Waals surface area contributed by atoms with E-state index < -0.39 is 0 Å². The smallest absolute Gasteiger partial charge is 0.0531 e. The zero-order valence-electron chi connectivity index (χ0n) is 17.2. The van der Waals surface area contributed by atoms with E-state index in [2.05, 4.69) is 88.9 Å². The Kier molecular flexibility index (Phi) is 4.71. The fourth-order valence-electron chi connectivity index (χ4n) is 4.81. The van der Waals surface area contributed by atoms with Gasteiger partial charge in [0.15, 0.2) is 0 Å². The second-order valence-electron chi connectivity index (χ2n) is 8.22. The molecule has 6 rings (SSSR count). The highest BCUT2D eigenvalue weighted by atomic mass is 35.5. The lowest BCUT2D eigenvalue weighted by Gasteiger charge is -2.18. The summed E-state index contributed by atoms with van der Waals surface area (Å²) in [6.07, 6.45) is 3.17. The Hall–Kier alpha value is -3.20. The number of aromatic nitrogens is 1. The average Bonchev–Trinajstić information content (AvgIpc) is 3.11. The monoisotopic (exact) mass is 454 g/mol. The highest BCUT2D eigenvalue weighted by Gasteiger charge is 2.26. The first-order valence-corrected chi connectivity index (χ1v) is 11.4. The van der Waals surface area contributed by atoms with Gasteiger partial charge in [0, 0.05) is 44.6 Å². The van der Waals surface area contributed by atoms with Crippen molar-refractivity contribution in [3.63, 3.8) is 0 Å². The second-order valence-corrected chi connectivity index (χ2v) is 9.09. The van der Waals surface area contributed by atoms with Crippen molar-refractivity contribution in [1.29, 1.82) is 0 Å². The maximum atomic E-state index is 6.48. The van der Waals surface area contributed by atoms with Crippen LogP contribution in [0.3, 0.4) is 0 Å². The van der Waals surface area contributed by atoms with Crippen LogP contribution < -0.4 is 5.32 Å². The van der Waals surface area contributed by atoms with E-state index in [4.69, 9.17) is 23.2 Å². The summed E-state index contributed by atoms with van der Waals surface area (Å²) < 4.78 is 2.26. The molecule has 32 heavy (non-hydrogen) atoms. The number of rotatable bonds is 2. The van der Waals surface area contributed by atoms with Gasteiger partial charge in [-0.3, -0.25) is 0 Å². The van der Waals surface area contributed by atoms with Crippen molar-refractivity contribution in [3.05, 3.63) is 124 Å². The van der Waals surface area contributed by atoms with Crippen molar-refractivity contribution in [2.24, 2.45) is 0 Å². The number of halogens is 2. The number of anilines is 2.